The van der Waals surface area contributed by atoms with E-state index in [4.69, 9.17) is 11.6 Å². The first-order chi connectivity index (χ1) is 9.70. The van der Waals surface area contributed by atoms with E-state index >= 15 is 0 Å². The van der Waals surface area contributed by atoms with Crippen LogP contribution >= 0.6 is 11.6 Å². The standard InChI is InChI=1S/C17H27ClN2/c1-3-19-17(14-7-6-8-15(18)13-14)11-12-20(2)16-9-4-5-10-16/h6-8,13,16-17,19H,3-5,9-12H2,1-2H3. The van der Waals surface area contributed by atoms with Crippen molar-refractivity contribution in [3.63, 3.8) is 0 Å². The number of nitrogens with one attached hydrogen (secondary N) is 1. The molecule has 0 bridgehead atoms. The van der Waals surface area contributed by atoms with Gasteiger partial charge in [0.05, 0.1) is 0 Å². The van der Waals surface area contributed by atoms with Crippen LogP contribution in [-0.4, -0.2) is 31.1 Å². The van der Waals surface area contributed by atoms with Crippen LogP contribution in [-0.2, 0) is 0 Å². The van der Waals surface area contributed by atoms with Gasteiger partial charge < -0.3 is 10.2 Å². The van der Waals surface area contributed by atoms with Crippen LogP contribution < -0.4 is 5.32 Å². The molecular weight excluding hydrogens is 268 g/mol. The van der Waals surface area contributed by atoms with Crippen molar-refractivity contribution in [1.29, 1.82) is 0 Å². The van der Waals surface area contributed by atoms with Gasteiger partial charge in [0.25, 0.3) is 0 Å². The molecule has 1 aliphatic carbocycles. The highest BCUT2D eigenvalue weighted by molar-refractivity contribution is 6.30. The fourth-order valence-electron chi connectivity index (χ4n) is 3.22. The van der Waals surface area contributed by atoms with E-state index in [9.17, 15) is 0 Å². The molecule has 1 aromatic rings. The molecule has 1 aromatic carbocycles. The van der Waals surface area contributed by atoms with E-state index in [1.807, 2.05) is 12.1 Å². The normalized spacial score (nSPS) is 17.8. The summed E-state index contributed by atoms with van der Waals surface area (Å²) < 4.78 is 0. The average Bonchev–Trinajstić information content (AvgIpc) is 2.97. The zero-order chi connectivity index (χ0) is 14.4. The molecule has 1 aliphatic rings. The van der Waals surface area contributed by atoms with Crippen LogP contribution in [0, 0.1) is 0 Å². The molecule has 2 nitrogen and oxygen atoms in total. The Morgan fingerprint density at radius 1 is 1.35 bits per heavy atom. The Kier molecular flexibility index (Phi) is 6.34. The summed E-state index contributed by atoms with van der Waals surface area (Å²) in [5.41, 5.74) is 1.30. The van der Waals surface area contributed by atoms with Gasteiger partial charge in [-0.3, -0.25) is 0 Å². The third kappa shape index (κ3) is 4.47. The molecule has 0 aromatic heterocycles. The Morgan fingerprint density at radius 3 is 2.75 bits per heavy atom. The Bertz CT molecular complexity index is 402. The highest BCUT2D eigenvalue weighted by atomic mass is 35.5. The lowest BCUT2D eigenvalue weighted by Gasteiger charge is -2.27. The summed E-state index contributed by atoms with van der Waals surface area (Å²) in [5, 5.41) is 4.42. The maximum absolute atomic E-state index is 6.12. The average molecular weight is 295 g/mol. The lowest BCUT2D eigenvalue weighted by atomic mass is 10.0. The summed E-state index contributed by atoms with van der Waals surface area (Å²) in [6.45, 7) is 4.30. The smallest absolute Gasteiger partial charge is 0.0409 e. The topological polar surface area (TPSA) is 15.3 Å². The van der Waals surface area contributed by atoms with Crippen molar-refractivity contribution in [3.05, 3.63) is 34.9 Å². The lowest BCUT2D eigenvalue weighted by molar-refractivity contribution is 0.232. The van der Waals surface area contributed by atoms with Crippen molar-refractivity contribution in [2.45, 2.75) is 51.1 Å². The maximum Gasteiger partial charge on any atom is 0.0409 e. The summed E-state index contributed by atoms with van der Waals surface area (Å²) in [4.78, 5) is 2.54. The van der Waals surface area contributed by atoms with Crippen molar-refractivity contribution in [3.8, 4) is 0 Å². The molecule has 3 heteroatoms. The molecule has 0 radical (unpaired) electrons. The van der Waals surface area contributed by atoms with Crippen LogP contribution in [0.15, 0.2) is 24.3 Å². The van der Waals surface area contributed by atoms with E-state index in [0.717, 1.165) is 30.6 Å². The Morgan fingerprint density at radius 2 is 2.10 bits per heavy atom. The van der Waals surface area contributed by atoms with Crippen LogP contribution in [0.25, 0.3) is 0 Å². The van der Waals surface area contributed by atoms with Crippen molar-refractivity contribution in [2.75, 3.05) is 20.1 Å². The SMILES string of the molecule is CCNC(CCN(C)C1CCCC1)c1cccc(Cl)c1. The minimum Gasteiger partial charge on any atom is -0.310 e. The maximum atomic E-state index is 6.12. The van der Waals surface area contributed by atoms with Gasteiger partial charge in [0.1, 0.15) is 0 Å². The van der Waals surface area contributed by atoms with Gasteiger partial charge in [0, 0.05) is 17.1 Å². The molecule has 0 heterocycles. The first kappa shape index (κ1) is 15.8. The second kappa shape index (κ2) is 8.02. The van der Waals surface area contributed by atoms with Gasteiger partial charge in [-0.2, -0.15) is 0 Å². The molecule has 1 N–H and O–H groups in total. The number of nitrogens with zero attached hydrogens (tertiary/aromatic N) is 1. The fourth-order valence-corrected chi connectivity index (χ4v) is 3.42. The molecule has 1 fully saturated rings. The Hall–Kier alpha value is -0.570. The predicted octanol–water partition coefficient (Wildman–Crippen LogP) is 4.26. The second-order valence-corrected chi connectivity index (χ2v) is 6.31. The highest BCUT2D eigenvalue weighted by Gasteiger charge is 2.20. The van der Waals surface area contributed by atoms with Gasteiger partial charge in [-0.1, -0.05) is 43.5 Å². The molecule has 0 amide bonds. The molecule has 0 aliphatic heterocycles. The molecule has 0 spiro atoms. The summed E-state index contributed by atoms with van der Waals surface area (Å²) in [5.74, 6) is 0. The first-order valence-electron chi connectivity index (χ1n) is 7.89. The molecule has 20 heavy (non-hydrogen) atoms. The van der Waals surface area contributed by atoms with Crippen LogP contribution in [0.1, 0.15) is 50.6 Å². The van der Waals surface area contributed by atoms with E-state index in [1.165, 1.54) is 31.2 Å². The van der Waals surface area contributed by atoms with Crippen LogP contribution in [0.5, 0.6) is 0 Å². The monoisotopic (exact) mass is 294 g/mol. The zero-order valence-electron chi connectivity index (χ0n) is 12.7. The van der Waals surface area contributed by atoms with Crippen LogP contribution in [0.2, 0.25) is 5.02 Å². The molecule has 1 atom stereocenters. The number of hydrogen-bond donors (Lipinski definition) is 1. The molecular formula is C17H27ClN2. The molecule has 2 rings (SSSR count). The van der Waals surface area contributed by atoms with Crippen molar-refractivity contribution >= 4 is 11.6 Å². The Labute approximate surface area is 128 Å². The number of rotatable bonds is 7. The van der Waals surface area contributed by atoms with Gasteiger partial charge >= 0.3 is 0 Å². The largest absolute Gasteiger partial charge is 0.310 e. The van der Waals surface area contributed by atoms with Gasteiger partial charge in [0.15, 0.2) is 0 Å². The molecule has 112 valence electrons. The van der Waals surface area contributed by atoms with E-state index in [1.54, 1.807) is 0 Å². The lowest BCUT2D eigenvalue weighted by Crippen LogP contribution is -2.33. The number of benzene rings is 1. The first-order valence-corrected chi connectivity index (χ1v) is 8.27. The molecule has 1 unspecified atom stereocenters. The van der Waals surface area contributed by atoms with Crippen molar-refractivity contribution < 1.29 is 0 Å². The van der Waals surface area contributed by atoms with Crippen LogP contribution in [0.3, 0.4) is 0 Å². The van der Waals surface area contributed by atoms with Gasteiger partial charge in [0.2, 0.25) is 0 Å². The third-order valence-electron chi connectivity index (χ3n) is 4.42. The second-order valence-electron chi connectivity index (χ2n) is 5.87. The third-order valence-corrected chi connectivity index (χ3v) is 4.66. The van der Waals surface area contributed by atoms with E-state index < -0.39 is 0 Å². The van der Waals surface area contributed by atoms with Crippen molar-refractivity contribution in [1.82, 2.24) is 10.2 Å². The quantitative estimate of drug-likeness (QED) is 0.808. The summed E-state index contributed by atoms with van der Waals surface area (Å²) in [6.07, 6.45) is 6.69. The van der Waals surface area contributed by atoms with E-state index in [0.29, 0.717) is 6.04 Å². The summed E-state index contributed by atoms with van der Waals surface area (Å²) in [6, 6.07) is 9.46. The Balaban J connectivity index is 1.91. The predicted molar refractivity (Wildman–Crippen MR) is 87.4 cm³/mol. The number of hydrogen-bond acceptors (Lipinski definition) is 2. The van der Waals surface area contributed by atoms with E-state index in [2.05, 4.69) is 36.3 Å². The van der Waals surface area contributed by atoms with Crippen LogP contribution in [0.4, 0.5) is 0 Å². The summed E-state index contributed by atoms with van der Waals surface area (Å²) in [7, 11) is 2.27. The summed E-state index contributed by atoms with van der Waals surface area (Å²) >= 11 is 6.12. The van der Waals surface area contributed by atoms with Gasteiger partial charge in [-0.05, 0) is 57.1 Å². The minimum absolute atomic E-state index is 0.405. The van der Waals surface area contributed by atoms with E-state index in [-0.39, 0.29) is 0 Å². The zero-order valence-corrected chi connectivity index (χ0v) is 13.5. The van der Waals surface area contributed by atoms with Gasteiger partial charge in [-0.25, -0.2) is 0 Å². The molecule has 1 saturated carbocycles. The number of halogens is 1. The minimum atomic E-state index is 0.405. The fraction of sp³-hybridized carbons (Fsp3) is 0.647. The van der Waals surface area contributed by atoms with Crippen molar-refractivity contribution in [2.24, 2.45) is 0 Å². The highest BCUT2D eigenvalue weighted by Crippen LogP contribution is 2.25. The molecule has 0 saturated heterocycles. The van der Waals surface area contributed by atoms with Gasteiger partial charge in [-0.15, -0.1) is 0 Å².